The lowest BCUT2D eigenvalue weighted by Gasteiger charge is -2.15. The summed E-state index contributed by atoms with van der Waals surface area (Å²) >= 11 is 0. The number of aryl methyl sites for hydroxylation is 2. The smallest absolute Gasteiger partial charge is 0.352 e. The Morgan fingerprint density at radius 3 is 1.65 bits per heavy atom. The van der Waals surface area contributed by atoms with Crippen LogP contribution in [-0.2, 0) is 23.1 Å². The summed E-state index contributed by atoms with van der Waals surface area (Å²) < 4.78 is 36.9. The molecule has 4 rings (SSSR count). The van der Waals surface area contributed by atoms with Crippen LogP contribution in [0.2, 0.25) is 0 Å². The van der Waals surface area contributed by atoms with Crippen LogP contribution in [0.1, 0.15) is 36.4 Å². The summed E-state index contributed by atoms with van der Waals surface area (Å²) in [6.07, 6.45) is -0.696. The van der Waals surface area contributed by atoms with Crippen molar-refractivity contribution in [3.05, 3.63) is 86.1 Å². The van der Waals surface area contributed by atoms with Crippen molar-refractivity contribution in [2.45, 2.75) is 63.4 Å². The van der Waals surface area contributed by atoms with Gasteiger partial charge < -0.3 is 9.47 Å². The Labute approximate surface area is 223 Å². The van der Waals surface area contributed by atoms with Crippen LogP contribution >= 0.6 is 8.25 Å². The molecule has 0 spiro atoms. The number of aromatic nitrogens is 4. The van der Waals surface area contributed by atoms with Crippen LogP contribution in [0, 0.1) is 13.8 Å². The molecule has 0 unspecified atom stereocenters. The fraction of sp³-hybridized carbons (Fsp3) is 0.600. The van der Waals surface area contributed by atoms with E-state index in [0.717, 1.165) is 9.13 Å². The quantitative estimate of drug-likeness (QED) is 0.178. The van der Waals surface area contributed by atoms with E-state index in [0.29, 0.717) is 0 Å². The van der Waals surface area contributed by atoms with Crippen LogP contribution in [0.15, 0.2) is 41.8 Å². The molecule has 0 saturated carbocycles. The van der Waals surface area contributed by atoms with Crippen molar-refractivity contribution in [2.24, 2.45) is 10.2 Å². The first-order valence-electron chi connectivity index (χ1n) is 11.9. The van der Waals surface area contributed by atoms with Crippen LogP contribution in [0.25, 0.3) is 20.9 Å². The molecule has 19 nitrogen and oxygen atoms in total. The molecule has 40 heavy (non-hydrogen) atoms. The summed E-state index contributed by atoms with van der Waals surface area (Å²) in [4.78, 5) is 57.6. The lowest BCUT2D eigenvalue weighted by molar-refractivity contribution is -0.0321. The van der Waals surface area contributed by atoms with Gasteiger partial charge in [-0.15, -0.1) is 9.05 Å². The molecule has 6 atom stereocenters. The molecule has 0 aromatic carbocycles. The second-order valence-corrected chi connectivity index (χ2v) is 10.0. The van der Waals surface area contributed by atoms with Crippen LogP contribution in [0.4, 0.5) is 0 Å². The highest BCUT2D eigenvalue weighted by molar-refractivity contribution is 7.33. The van der Waals surface area contributed by atoms with Gasteiger partial charge in [0.05, 0.1) is 24.3 Å². The van der Waals surface area contributed by atoms with Gasteiger partial charge in [-0.3, -0.25) is 28.7 Å². The van der Waals surface area contributed by atoms with E-state index in [1.165, 1.54) is 26.2 Å². The van der Waals surface area contributed by atoms with Gasteiger partial charge in [-0.1, -0.05) is 10.2 Å². The number of rotatable bonds is 10. The number of hydrogen-bond acceptors (Lipinski definition) is 11. The molecule has 2 aliphatic heterocycles. The molecule has 0 amide bonds. The second kappa shape index (κ2) is 12.4. The molecular formula is C20H24N10O9P+. The number of azide groups is 2. The first-order chi connectivity index (χ1) is 19.1. The maximum absolute atomic E-state index is 12.5. The Kier molecular flexibility index (Phi) is 8.96. The van der Waals surface area contributed by atoms with Crippen molar-refractivity contribution in [3.8, 4) is 0 Å². The molecule has 0 bridgehead atoms. The molecule has 2 fully saturated rings. The van der Waals surface area contributed by atoms with Gasteiger partial charge in [-0.2, -0.15) is 0 Å². The average molecular weight is 579 g/mol. The zero-order valence-corrected chi connectivity index (χ0v) is 22.0. The van der Waals surface area contributed by atoms with Crippen molar-refractivity contribution in [1.82, 2.24) is 19.1 Å². The van der Waals surface area contributed by atoms with Gasteiger partial charge in [0.2, 0.25) is 0 Å². The van der Waals surface area contributed by atoms with Crippen LogP contribution < -0.4 is 22.5 Å². The Morgan fingerprint density at radius 2 is 1.27 bits per heavy atom. The SMILES string of the molecule is Cc1cn([C@H]2C[C@H](N=[N+]=[N-])[C@@H](CO[P+](=O)OC[C@H]3O[C@@H](n4cc(C)c(=O)[nH]c4=O)C[C@@H]3N=[N+]=[N-])O2)c(=O)[nH]c1=O. The largest absolute Gasteiger partial charge is 0.697 e. The van der Waals surface area contributed by atoms with Crippen LogP contribution in [0.5, 0.6) is 0 Å². The van der Waals surface area contributed by atoms with E-state index in [1.807, 2.05) is 0 Å². The van der Waals surface area contributed by atoms with Crippen molar-refractivity contribution in [1.29, 1.82) is 0 Å². The van der Waals surface area contributed by atoms with Crippen LogP contribution in [-0.4, -0.2) is 56.6 Å². The van der Waals surface area contributed by atoms with Gasteiger partial charge in [0.25, 0.3) is 11.1 Å². The highest BCUT2D eigenvalue weighted by Crippen LogP contribution is 2.35. The minimum atomic E-state index is -2.75. The zero-order valence-electron chi connectivity index (χ0n) is 21.1. The lowest BCUT2D eigenvalue weighted by Crippen LogP contribution is -2.33. The Hall–Kier alpha value is -4.08. The van der Waals surface area contributed by atoms with Crippen molar-refractivity contribution in [2.75, 3.05) is 13.2 Å². The molecule has 20 heteroatoms. The van der Waals surface area contributed by atoms with E-state index in [2.05, 4.69) is 30.0 Å². The maximum Gasteiger partial charge on any atom is 0.697 e. The number of nitrogens with zero attached hydrogens (tertiary/aromatic N) is 8. The zero-order chi connectivity index (χ0) is 29.0. The normalized spacial score (nSPS) is 26.2. The standard InChI is InChI=1S/C20H23N10O9P/c1-9-5-29(19(33)23-17(9)31)15-3-11(25-27-21)13(38-15)7-36-40(35)37-8-14-12(26-28-22)4-16(39-14)30-6-10(2)18(32)24-20(30)34/h5-6,11-16H,3-4,7-8H2,1-2H3,(H-,23,24,31,32,33,34)/p+1/t11-,12-,13+,14+,15+,16+/m0/s1. The van der Waals surface area contributed by atoms with Gasteiger partial charge >= 0.3 is 19.6 Å². The fourth-order valence-electron chi connectivity index (χ4n) is 4.35. The van der Waals surface area contributed by atoms with Gasteiger partial charge in [0, 0.05) is 50.8 Å². The molecule has 212 valence electrons. The van der Waals surface area contributed by atoms with Crippen molar-refractivity contribution in [3.63, 3.8) is 0 Å². The predicted octanol–water partition coefficient (Wildman–Crippen LogP) is 1.33. The Bertz CT molecular complexity index is 1500. The van der Waals surface area contributed by atoms with Gasteiger partial charge in [0.1, 0.15) is 25.7 Å². The third-order valence-corrected chi connectivity index (χ3v) is 7.13. The van der Waals surface area contributed by atoms with Crippen molar-refractivity contribution < 1.29 is 23.1 Å². The van der Waals surface area contributed by atoms with Crippen molar-refractivity contribution >= 4 is 8.25 Å². The average Bonchev–Trinajstić information content (AvgIpc) is 3.50. The lowest BCUT2D eigenvalue weighted by atomic mass is 10.1. The molecule has 2 aliphatic rings. The molecule has 0 aliphatic carbocycles. The molecule has 4 heterocycles. The summed E-state index contributed by atoms with van der Waals surface area (Å²) in [6, 6.07) is -1.55. The summed E-state index contributed by atoms with van der Waals surface area (Å²) in [7, 11) is -2.75. The minimum absolute atomic E-state index is 0.0931. The number of aromatic amines is 2. The highest BCUT2D eigenvalue weighted by Gasteiger charge is 2.41. The molecule has 2 aromatic rings. The topological polar surface area (TPSA) is 261 Å². The van der Waals surface area contributed by atoms with Gasteiger partial charge in [-0.05, 0) is 24.9 Å². The molecule has 2 saturated heterocycles. The third kappa shape index (κ3) is 6.38. The summed E-state index contributed by atoms with van der Waals surface area (Å²) in [5.74, 6) is 0. The fourth-order valence-corrected chi connectivity index (χ4v) is 4.97. The van der Waals surface area contributed by atoms with Crippen LogP contribution in [0.3, 0.4) is 0 Å². The monoisotopic (exact) mass is 579 g/mol. The second-order valence-electron chi connectivity index (χ2n) is 9.05. The number of hydrogen-bond donors (Lipinski definition) is 2. The molecular weight excluding hydrogens is 555 g/mol. The first kappa shape index (κ1) is 28.9. The van der Waals surface area contributed by atoms with E-state index in [1.54, 1.807) is 0 Å². The highest BCUT2D eigenvalue weighted by atomic mass is 31.1. The summed E-state index contributed by atoms with van der Waals surface area (Å²) in [5, 5.41) is 7.32. The van der Waals surface area contributed by atoms with E-state index in [9.17, 15) is 23.7 Å². The van der Waals surface area contributed by atoms with Gasteiger partial charge in [-0.25, -0.2) is 9.59 Å². The first-order valence-corrected chi connectivity index (χ1v) is 13.0. The van der Waals surface area contributed by atoms with Gasteiger partial charge in [0.15, 0.2) is 0 Å². The number of nitrogens with one attached hydrogen (secondary N) is 2. The Morgan fingerprint density at radius 1 is 0.875 bits per heavy atom. The molecule has 0 radical (unpaired) electrons. The van der Waals surface area contributed by atoms with E-state index < -0.39 is 67.5 Å². The van der Waals surface area contributed by atoms with E-state index in [-0.39, 0.29) is 37.2 Å². The van der Waals surface area contributed by atoms with E-state index >= 15 is 0 Å². The Balaban J connectivity index is 1.36. The number of H-pyrrole nitrogens is 2. The summed E-state index contributed by atoms with van der Waals surface area (Å²) in [6.45, 7) is 2.37. The summed E-state index contributed by atoms with van der Waals surface area (Å²) in [5.41, 5.74) is 15.9. The van der Waals surface area contributed by atoms with E-state index in [4.69, 9.17) is 29.6 Å². The molecule has 2 N–H and O–H groups in total. The maximum atomic E-state index is 12.5. The third-order valence-electron chi connectivity index (χ3n) is 6.41. The molecule has 2 aromatic heterocycles. The predicted molar refractivity (Wildman–Crippen MR) is 135 cm³/mol. The number of ether oxygens (including phenoxy) is 2. The minimum Gasteiger partial charge on any atom is -0.352 e.